The van der Waals surface area contributed by atoms with Crippen molar-refractivity contribution in [2.45, 2.75) is 45.8 Å². The van der Waals surface area contributed by atoms with Crippen LogP contribution in [0.25, 0.3) is 0 Å². The van der Waals surface area contributed by atoms with Gasteiger partial charge in [-0.2, -0.15) is 0 Å². The summed E-state index contributed by atoms with van der Waals surface area (Å²) in [6, 6.07) is 0. The van der Waals surface area contributed by atoms with Crippen LogP contribution in [-0.4, -0.2) is 20.9 Å². The maximum Gasteiger partial charge on any atom is 0.302 e. The van der Waals surface area contributed by atoms with Crippen molar-refractivity contribution >= 4 is 14.3 Å². The summed E-state index contributed by atoms with van der Waals surface area (Å²) < 4.78 is 10.5. The van der Waals surface area contributed by atoms with E-state index in [-0.39, 0.29) is 17.6 Å². The third-order valence-corrected chi connectivity index (χ3v) is 6.99. The zero-order chi connectivity index (χ0) is 12.1. The molecule has 0 saturated carbocycles. The molecule has 0 N–H and O–H groups in total. The topological polar surface area (TPSA) is 35.5 Å². The molecular formula is C11H22O3Si. The average molecular weight is 230 g/mol. The highest BCUT2D eigenvalue weighted by atomic mass is 28.4. The molecule has 0 aliphatic rings. The third kappa shape index (κ3) is 5.62. The quantitative estimate of drug-likeness (QED) is 0.423. The minimum atomic E-state index is -1.71. The Hall–Kier alpha value is -0.773. The van der Waals surface area contributed by atoms with E-state index in [0.717, 1.165) is 0 Å². The maximum atomic E-state index is 10.5. The fourth-order valence-electron chi connectivity index (χ4n) is 0.600. The highest BCUT2D eigenvalue weighted by Gasteiger charge is 2.37. The molecule has 0 aromatic rings. The first-order valence-corrected chi connectivity index (χ1v) is 8.04. The van der Waals surface area contributed by atoms with Gasteiger partial charge in [0.15, 0.2) is 0 Å². The molecule has 0 aliphatic heterocycles. The fraction of sp³-hybridized carbons (Fsp3) is 0.727. The van der Waals surface area contributed by atoms with Crippen LogP contribution in [0.5, 0.6) is 0 Å². The summed E-state index contributed by atoms with van der Waals surface area (Å²) in [5.41, 5.74) is 0. The first kappa shape index (κ1) is 14.2. The Bertz CT molecular complexity index is 239. The molecule has 15 heavy (non-hydrogen) atoms. The van der Waals surface area contributed by atoms with E-state index in [9.17, 15) is 4.79 Å². The predicted octanol–water partition coefficient (Wildman–Crippen LogP) is 3.09. The van der Waals surface area contributed by atoms with E-state index in [1.54, 1.807) is 12.3 Å². The number of carbonyl (C=O) groups excluding carboxylic acids is 1. The van der Waals surface area contributed by atoms with Gasteiger partial charge in [-0.15, -0.1) is 0 Å². The van der Waals surface area contributed by atoms with Crippen LogP contribution < -0.4 is 0 Å². The van der Waals surface area contributed by atoms with Crippen LogP contribution in [0, 0.1) is 0 Å². The number of hydrogen-bond donors (Lipinski definition) is 0. The summed E-state index contributed by atoms with van der Waals surface area (Å²) in [6.07, 6.45) is 3.38. The van der Waals surface area contributed by atoms with Crippen molar-refractivity contribution in [1.82, 2.24) is 0 Å². The normalized spacial score (nSPS) is 12.9. The van der Waals surface area contributed by atoms with Crippen LogP contribution in [0.15, 0.2) is 12.3 Å². The SMILES string of the molecule is CC(=O)OC/C=C\O[Si](C)(C)C(C)(C)C. The van der Waals surface area contributed by atoms with Gasteiger partial charge in [0.25, 0.3) is 0 Å². The molecule has 0 heterocycles. The van der Waals surface area contributed by atoms with E-state index in [0.29, 0.717) is 0 Å². The van der Waals surface area contributed by atoms with Crippen LogP contribution in [0.1, 0.15) is 27.7 Å². The minimum absolute atomic E-state index is 0.193. The van der Waals surface area contributed by atoms with Crippen molar-refractivity contribution < 1.29 is 14.0 Å². The predicted molar refractivity (Wildman–Crippen MR) is 64.1 cm³/mol. The van der Waals surface area contributed by atoms with E-state index >= 15 is 0 Å². The van der Waals surface area contributed by atoms with Gasteiger partial charge in [-0.05, 0) is 24.2 Å². The second-order valence-corrected chi connectivity index (χ2v) is 9.81. The van der Waals surface area contributed by atoms with Crippen LogP contribution in [0.3, 0.4) is 0 Å². The van der Waals surface area contributed by atoms with Gasteiger partial charge in [0, 0.05) is 6.92 Å². The van der Waals surface area contributed by atoms with Crippen LogP contribution in [-0.2, 0) is 14.0 Å². The van der Waals surface area contributed by atoms with E-state index in [1.807, 2.05) is 0 Å². The molecule has 0 fully saturated rings. The molecule has 0 aromatic carbocycles. The van der Waals surface area contributed by atoms with Gasteiger partial charge >= 0.3 is 5.97 Å². The Labute approximate surface area is 93.6 Å². The fourth-order valence-corrected chi connectivity index (χ4v) is 1.39. The second-order valence-electron chi connectivity index (χ2n) is 5.05. The van der Waals surface area contributed by atoms with Crippen molar-refractivity contribution in [3.63, 3.8) is 0 Å². The maximum absolute atomic E-state index is 10.5. The summed E-state index contributed by atoms with van der Waals surface area (Å²) >= 11 is 0. The molecule has 0 rings (SSSR count). The second kappa shape index (κ2) is 5.35. The number of carbonyl (C=O) groups is 1. The monoisotopic (exact) mass is 230 g/mol. The smallest absolute Gasteiger partial charge is 0.302 e. The van der Waals surface area contributed by atoms with Crippen LogP contribution in [0.2, 0.25) is 18.1 Å². The lowest BCUT2D eigenvalue weighted by Crippen LogP contribution is -2.39. The van der Waals surface area contributed by atoms with Crippen molar-refractivity contribution in [1.29, 1.82) is 0 Å². The lowest BCUT2D eigenvalue weighted by molar-refractivity contribution is -0.139. The number of hydrogen-bond acceptors (Lipinski definition) is 3. The highest BCUT2D eigenvalue weighted by Crippen LogP contribution is 2.36. The van der Waals surface area contributed by atoms with Crippen molar-refractivity contribution in [3.8, 4) is 0 Å². The molecule has 0 saturated heterocycles. The Kier molecular flexibility index (Phi) is 5.07. The Morgan fingerprint density at radius 3 is 2.27 bits per heavy atom. The van der Waals surface area contributed by atoms with Gasteiger partial charge in [-0.3, -0.25) is 4.79 Å². The largest absolute Gasteiger partial charge is 0.549 e. The molecule has 0 radical (unpaired) electrons. The molecule has 88 valence electrons. The molecule has 0 bridgehead atoms. The molecule has 3 nitrogen and oxygen atoms in total. The Balaban J connectivity index is 3.99. The summed E-state index contributed by atoms with van der Waals surface area (Å²) in [4.78, 5) is 10.5. The zero-order valence-corrected chi connectivity index (χ0v) is 11.6. The Morgan fingerprint density at radius 1 is 1.33 bits per heavy atom. The summed E-state index contributed by atoms with van der Waals surface area (Å²) in [7, 11) is -1.71. The third-order valence-electron chi connectivity index (χ3n) is 2.65. The molecule has 0 amide bonds. The molecule has 0 aliphatic carbocycles. The lowest BCUT2D eigenvalue weighted by Gasteiger charge is -2.34. The molecule has 4 heteroatoms. The van der Waals surface area contributed by atoms with Gasteiger partial charge in [0.1, 0.15) is 6.61 Å². The van der Waals surface area contributed by atoms with E-state index in [4.69, 9.17) is 9.16 Å². The minimum Gasteiger partial charge on any atom is -0.549 e. The van der Waals surface area contributed by atoms with E-state index in [2.05, 4.69) is 33.9 Å². The van der Waals surface area contributed by atoms with Crippen molar-refractivity contribution in [2.24, 2.45) is 0 Å². The summed E-state index contributed by atoms with van der Waals surface area (Å²) in [6.45, 7) is 12.6. The average Bonchev–Trinajstić information content (AvgIpc) is 2.00. The summed E-state index contributed by atoms with van der Waals surface area (Å²) in [5, 5.41) is 0.193. The zero-order valence-electron chi connectivity index (χ0n) is 10.6. The first-order valence-electron chi connectivity index (χ1n) is 5.13. The van der Waals surface area contributed by atoms with Gasteiger partial charge < -0.3 is 9.16 Å². The van der Waals surface area contributed by atoms with Gasteiger partial charge in [0.2, 0.25) is 8.32 Å². The van der Waals surface area contributed by atoms with Crippen molar-refractivity contribution in [2.75, 3.05) is 6.61 Å². The number of rotatable bonds is 4. The van der Waals surface area contributed by atoms with Crippen LogP contribution >= 0.6 is 0 Å². The highest BCUT2D eigenvalue weighted by molar-refractivity contribution is 6.74. The van der Waals surface area contributed by atoms with E-state index in [1.165, 1.54) is 6.92 Å². The van der Waals surface area contributed by atoms with Crippen molar-refractivity contribution in [3.05, 3.63) is 12.3 Å². The molecule has 0 atom stereocenters. The molecular weight excluding hydrogens is 208 g/mol. The van der Waals surface area contributed by atoms with Crippen LogP contribution in [0.4, 0.5) is 0 Å². The molecule has 0 unspecified atom stereocenters. The summed E-state index contributed by atoms with van der Waals surface area (Å²) in [5.74, 6) is -0.271. The Morgan fingerprint density at radius 2 is 1.87 bits per heavy atom. The molecule has 0 aromatic heterocycles. The van der Waals surface area contributed by atoms with E-state index < -0.39 is 8.32 Å². The molecule has 0 spiro atoms. The van der Waals surface area contributed by atoms with Gasteiger partial charge in [-0.25, -0.2) is 0 Å². The number of ether oxygens (including phenoxy) is 1. The first-order chi connectivity index (χ1) is 6.67. The standard InChI is InChI=1S/C11H22O3Si/c1-10(12)13-8-7-9-14-15(5,6)11(2,3)4/h7,9H,8H2,1-6H3/b9-7-. The van der Waals surface area contributed by atoms with Gasteiger partial charge in [-0.1, -0.05) is 20.8 Å². The number of esters is 1. The lowest BCUT2D eigenvalue weighted by atomic mass is 10.2. The van der Waals surface area contributed by atoms with Gasteiger partial charge in [0.05, 0.1) is 6.26 Å².